The molecule has 3 unspecified atom stereocenters. The summed E-state index contributed by atoms with van der Waals surface area (Å²) in [7, 11) is 0. The molecule has 2 saturated heterocycles. The zero-order valence-corrected chi connectivity index (χ0v) is 6.93. The lowest BCUT2D eigenvalue weighted by Crippen LogP contribution is -2.37. The van der Waals surface area contributed by atoms with E-state index in [1.807, 2.05) is 0 Å². The molecule has 58 valence electrons. The molecule has 0 aromatic rings. The van der Waals surface area contributed by atoms with Crippen LogP contribution in [0.3, 0.4) is 0 Å². The van der Waals surface area contributed by atoms with Crippen LogP contribution in [-0.4, -0.2) is 12.6 Å². The van der Waals surface area contributed by atoms with Gasteiger partial charge in [-0.3, -0.25) is 0 Å². The molecular formula is C9H17N. The number of hydrogen-bond acceptors (Lipinski definition) is 1. The molecule has 1 aliphatic carbocycles. The molecule has 0 radical (unpaired) electrons. The van der Waals surface area contributed by atoms with Gasteiger partial charge in [-0.05, 0) is 37.1 Å². The lowest BCUT2D eigenvalue weighted by atomic mass is 9.70. The molecule has 3 fully saturated rings. The molecule has 2 heterocycles. The normalized spacial score (nSPS) is 44.1. The first-order valence-electron chi connectivity index (χ1n) is 4.50. The van der Waals surface area contributed by atoms with Crippen LogP contribution in [0, 0.1) is 17.8 Å². The van der Waals surface area contributed by atoms with E-state index in [0.717, 1.165) is 23.8 Å². The Morgan fingerprint density at radius 3 is 2.70 bits per heavy atom. The molecule has 2 aliphatic heterocycles. The lowest BCUT2D eigenvalue weighted by Gasteiger charge is -2.35. The molecule has 2 bridgehead atoms. The van der Waals surface area contributed by atoms with Crippen LogP contribution in [0.5, 0.6) is 0 Å². The number of hydrogen-bond donors (Lipinski definition) is 1. The summed E-state index contributed by atoms with van der Waals surface area (Å²) in [5, 5.41) is 3.55. The number of fused-ring (bicyclic) bond motifs is 1. The maximum Gasteiger partial charge on any atom is 0.0102 e. The van der Waals surface area contributed by atoms with E-state index in [0.29, 0.717) is 0 Å². The third-order valence-corrected chi connectivity index (χ3v) is 3.06. The summed E-state index contributed by atoms with van der Waals surface area (Å²) in [6.07, 6.45) is 2.92. The average molecular weight is 139 g/mol. The highest BCUT2D eigenvalue weighted by molar-refractivity contribution is 5.01. The van der Waals surface area contributed by atoms with Crippen molar-refractivity contribution < 1.29 is 0 Å². The Morgan fingerprint density at radius 2 is 2.30 bits per heavy atom. The van der Waals surface area contributed by atoms with Gasteiger partial charge >= 0.3 is 0 Å². The van der Waals surface area contributed by atoms with E-state index in [9.17, 15) is 0 Å². The fourth-order valence-electron chi connectivity index (χ4n) is 2.48. The third-order valence-electron chi connectivity index (χ3n) is 3.06. The number of nitrogens with one attached hydrogen (secondary N) is 1. The zero-order valence-electron chi connectivity index (χ0n) is 6.93. The molecule has 0 aromatic heterocycles. The Labute approximate surface area is 63.2 Å². The first kappa shape index (κ1) is 6.66. The van der Waals surface area contributed by atoms with Gasteiger partial charge in [-0.2, -0.15) is 0 Å². The topological polar surface area (TPSA) is 12.0 Å². The van der Waals surface area contributed by atoms with E-state index in [2.05, 4.69) is 19.2 Å². The molecule has 3 aliphatic rings. The van der Waals surface area contributed by atoms with Crippen LogP contribution in [0.4, 0.5) is 0 Å². The Balaban J connectivity index is 1.85. The van der Waals surface area contributed by atoms with Gasteiger partial charge in [0.25, 0.3) is 0 Å². The van der Waals surface area contributed by atoms with Crippen molar-refractivity contribution in [3.63, 3.8) is 0 Å². The maximum atomic E-state index is 3.55. The van der Waals surface area contributed by atoms with Crippen LogP contribution in [0.1, 0.15) is 26.7 Å². The minimum absolute atomic E-state index is 0.898. The Bertz CT molecular complexity index is 117. The summed E-state index contributed by atoms with van der Waals surface area (Å²) < 4.78 is 0. The second-order valence-electron chi connectivity index (χ2n) is 4.30. The molecule has 10 heavy (non-hydrogen) atoms. The van der Waals surface area contributed by atoms with Gasteiger partial charge in [-0.1, -0.05) is 13.8 Å². The minimum Gasteiger partial charge on any atom is -0.313 e. The van der Waals surface area contributed by atoms with E-state index < -0.39 is 0 Å². The molecule has 3 rings (SSSR count). The van der Waals surface area contributed by atoms with Crippen LogP contribution in [-0.2, 0) is 0 Å². The maximum absolute atomic E-state index is 3.55. The highest BCUT2D eigenvalue weighted by Gasteiger charge is 2.45. The molecule has 0 spiro atoms. The molecule has 3 atom stereocenters. The van der Waals surface area contributed by atoms with E-state index in [-0.39, 0.29) is 0 Å². The van der Waals surface area contributed by atoms with Gasteiger partial charge in [0.1, 0.15) is 0 Å². The van der Waals surface area contributed by atoms with Gasteiger partial charge in [0, 0.05) is 6.04 Å². The highest BCUT2D eigenvalue weighted by Crippen LogP contribution is 2.43. The quantitative estimate of drug-likeness (QED) is 0.613. The molecule has 0 amide bonds. The monoisotopic (exact) mass is 139 g/mol. The molecule has 1 saturated carbocycles. The van der Waals surface area contributed by atoms with Crippen LogP contribution in [0.2, 0.25) is 0 Å². The first-order chi connectivity index (χ1) is 4.77. The van der Waals surface area contributed by atoms with Gasteiger partial charge < -0.3 is 5.32 Å². The van der Waals surface area contributed by atoms with Crippen molar-refractivity contribution in [2.75, 3.05) is 6.54 Å². The van der Waals surface area contributed by atoms with Gasteiger partial charge in [0.05, 0.1) is 0 Å². The Kier molecular flexibility index (Phi) is 1.48. The van der Waals surface area contributed by atoms with Crippen molar-refractivity contribution >= 4 is 0 Å². The van der Waals surface area contributed by atoms with Gasteiger partial charge in [0.15, 0.2) is 0 Å². The highest BCUT2D eigenvalue weighted by atomic mass is 15.0. The lowest BCUT2D eigenvalue weighted by molar-refractivity contribution is 0.181. The van der Waals surface area contributed by atoms with Crippen molar-refractivity contribution in [1.29, 1.82) is 0 Å². The van der Waals surface area contributed by atoms with Crippen LogP contribution >= 0.6 is 0 Å². The fourth-order valence-corrected chi connectivity index (χ4v) is 2.48. The molecule has 1 nitrogen and oxygen atoms in total. The largest absolute Gasteiger partial charge is 0.313 e. The van der Waals surface area contributed by atoms with E-state index >= 15 is 0 Å². The second-order valence-corrected chi connectivity index (χ2v) is 4.30. The summed E-state index contributed by atoms with van der Waals surface area (Å²) in [6.45, 7) is 5.97. The molecular weight excluding hydrogens is 122 g/mol. The van der Waals surface area contributed by atoms with Crippen LogP contribution in [0.15, 0.2) is 0 Å². The summed E-state index contributed by atoms with van der Waals surface area (Å²) >= 11 is 0. The van der Waals surface area contributed by atoms with Crippen molar-refractivity contribution in [2.24, 2.45) is 17.8 Å². The summed E-state index contributed by atoms with van der Waals surface area (Å²) in [5.41, 5.74) is 0. The Hall–Kier alpha value is -0.0400. The average Bonchev–Trinajstić information content (AvgIpc) is 2.39. The van der Waals surface area contributed by atoms with Gasteiger partial charge in [-0.25, -0.2) is 0 Å². The van der Waals surface area contributed by atoms with E-state index in [4.69, 9.17) is 0 Å². The SMILES string of the molecule is CC(C)CC1C2CNC1C2. The fraction of sp³-hybridized carbons (Fsp3) is 1.00. The first-order valence-corrected chi connectivity index (χ1v) is 4.50. The predicted octanol–water partition coefficient (Wildman–Crippen LogP) is 1.64. The van der Waals surface area contributed by atoms with Gasteiger partial charge in [0.2, 0.25) is 0 Å². The molecule has 1 heteroatoms. The van der Waals surface area contributed by atoms with E-state index in [1.165, 1.54) is 19.4 Å². The minimum atomic E-state index is 0.898. The zero-order chi connectivity index (χ0) is 7.14. The van der Waals surface area contributed by atoms with Crippen molar-refractivity contribution in [1.82, 2.24) is 5.32 Å². The summed E-state index contributed by atoms with van der Waals surface area (Å²) in [6, 6.07) is 0.910. The molecule has 0 aromatic carbocycles. The summed E-state index contributed by atoms with van der Waals surface area (Å²) in [5.74, 6) is 2.99. The molecule has 1 N–H and O–H groups in total. The van der Waals surface area contributed by atoms with Crippen molar-refractivity contribution in [3.8, 4) is 0 Å². The third kappa shape index (κ3) is 0.878. The summed E-state index contributed by atoms with van der Waals surface area (Å²) in [4.78, 5) is 0. The standard InChI is InChI=1S/C9H17N/c1-6(2)3-8-7-4-9(8)10-5-7/h6-10H,3-5H2,1-2H3. The Morgan fingerprint density at radius 1 is 1.50 bits per heavy atom. The van der Waals surface area contributed by atoms with Crippen LogP contribution < -0.4 is 5.32 Å². The van der Waals surface area contributed by atoms with Crippen molar-refractivity contribution in [2.45, 2.75) is 32.7 Å². The van der Waals surface area contributed by atoms with Gasteiger partial charge in [-0.15, -0.1) is 0 Å². The predicted molar refractivity (Wildman–Crippen MR) is 42.8 cm³/mol. The van der Waals surface area contributed by atoms with E-state index in [1.54, 1.807) is 0 Å². The number of rotatable bonds is 2. The smallest absolute Gasteiger partial charge is 0.0102 e. The second kappa shape index (κ2) is 2.23. The van der Waals surface area contributed by atoms with Crippen molar-refractivity contribution in [3.05, 3.63) is 0 Å². The van der Waals surface area contributed by atoms with Crippen LogP contribution in [0.25, 0.3) is 0 Å².